The third kappa shape index (κ3) is 6.68. The topological polar surface area (TPSA) is 51.5 Å². The molecule has 4 heteroatoms. The summed E-state index contributed by atoms with van der Waals surface area (Å²) >= 11 is 0. The minimum Gasteiger partial charge on any atom is -0.462 e. The molecule has 2 aromatic rings. The van der Waals surface area contributed by atoms with Gasteiger partial charge in [0.15, 0.2) is 5.76 Å². The highest BCUT2D eigenvalue weighted by Gasteiger charge is 2.05. The van der Waals surface area contributed by atoms with Gasteiger partial charge in [-0.25, -0.2) is 4.79 Å². The number of anilines is 1. The van der Waals surface area contributed by atoms with E-state index in [2.05, 4.69) is 24.1 Å². The zero-order valence-electron chi connectivity index (χ0n) is 15.6. The third-order valence-electron chi connectivity index (χ3n) is 3.93. The van der Waals surface area contributed by atoms with Gasteiger partial charge in [-0.2, -0.15) is 0 Å². The van der Waals surface area contributed by atoms with E-state index in [1.54, 1.807) is 19.1 Å². The molecular weight excluding hydrogens is 326 g/mol. The molecular formula is C22H27NO3. The van der Waals surface area contributed by atoms with E-state index in [1.165, 1.54) is 0 Å². The molecule has 0 saturated heterocycles. The lowest BCUT2D eigenvalue weighted by atomic mass is 10.2. The van der Waals surface area contributed by atoms with E-state index < -0.39 is 0 Å². The fourth-order valence-electron chi connectivity index (χ4n) is 2.47. The van der Waals surface area contributed by atoms with E-state index in [0.717, 1.165) is 55.9 Å². The Kier molecular flexibility index (Phi) is 8.35. The number of nitrogens with one attached hydrogen (secondary N) is 1. The molecule has 1 aromatic carbocycles. The van der Waals surface area contributed by atoms with Crippen LogP contribution in [0.1, 0.15) is 61.4 Å². The third-order valence-corrected chi connectivity index (χ3v) is 3.93. The van der Waals surface area contributed by atoms with Crippen LogP contribution < -0.4 is 5.32 Å². The Labute approximate surface area is 155 Å². The molecule has 26 heavy (non-hydrogen) atoms. The Morgan fingerprint density at radius 3 is 2.58 bits per heavy atom. The highest BCUT2D eigenvalue weighted by Crippen LogP contribution is 2.11. The van der Waals surface area contributed by atoms with Crippen LogP contribution in [0.25, 0.3) is 0 Å². The van der Waals surface area contributed by atoms with Gasteiger partial charge >= 0.3 is 5.97 Å². The van der Waals surface area contributed by atoms with Crippen LogP contribution in [0.2, 0.25) is 0 Å². The van der Waals surface area contributed by atoms with Gasteiger partial charge in [-0.1, -0.05) is 19.3 Å². The van der Waals surface area contributed by atoms with Crippen LogP contribution in [0, 0.1) is 11.8 Å². The van der Waals surface area contributed by atoms with E-state index in [-0.39, 0.29) is 5.97 Å². The number of hydrogen-bond donors (Lipinski definition) is 1. The Hall–Kier alpha value is -2.67. The standard InChI is InChI=1S/C22H27NO3/c1-3-20-15-16-21(26-20)10-8-6-5-7-9-17-23-19-13-11-18(12-14-19)22(24)25-4-2/h11-16,23H,3-7,9,17H2,1-2H3. The van der Waals surface area contributed by atoms with Crippen LogP contribution in [0.15, 0.2) is 40.8 Å². The lowest BCUT2D eigenvalue weighted by Gasteiger charge is -2.07. The second kappa shape index (κ2) is 11.0. The lowest BCUT2D eigenvalue weighted by Crippen LogP contribution is -2.05. The first-order valence-electron chi connectivity index (χ1n) is 9.31. The molecule has 0 fully saturated rings. The van der Waals surface area contributed by atoms with Crippen molar-refractivity contribution in [2.75, 3.05) is 18.5 Å². The van der Waals surface area contributed by atoms with Crippen molar-refractivity contribution in [3.8, 4) is 11.8 Å². The van der Waals surface area contributed by atoms with Gasteiger partial charge in [-0.15, -0.1) is 0 Å². The molecule has 1 N–H and O–H groups in total. The van der Waals surface area contributed by atoms with Crippen LogP contribution in [0.4, 0.5) is 5.69 Å². The van der Waals surface area contributed by atoms with Crippen molar-refractivity contribution in [3.63, 3.8) is 0 Å². The maximum atomic E-state index is 11.6. The number of ether oxygens (including phenoxy) is 1. The molecule has 4 nitrogen and oxygen atoms in total. The van der Waals surface area contributed by atoms with Crippen LogP contribution in [-0.2, 0) is 11.2 Å². The monoisotopic (exact) mass is 353 g/mol. The zero-order valence-corrected chi connectivity index (χ0v) is 15.6. The first-order chi connectivity index (χ1) is 12.7. The van der Waals surface area contributed by atoms with Crippen molar-refractivity contribution in [3.05, 3.63) is 53.5 Å². The summed E-state index contributed by atoms with van der Waals surface area (Å²) < 4.78 is 10.5. The summed E-state index contributed by atoms with van der Waals surface area (Å²) in [6.07, 6.45) is 5.08. The normalized spacial score (nSPS) is 10.1. The average Bonchev–Trinajstić information content (AvgIpc) is 3.12. The maximum Gasteiger partial charge on any atom is 0.338 e. The van der Waals surface area contributed by atoms with Gasteiger partial charge in [-0.3, -0.25) is 0 Å². The van der Waals surface area contributed by atoms with Gasteiger partial charge in [0.1, 0.15) is 5.76 Å². The number of esters is 1. The molecule has 0 radical (unpaired) electrons. The summed E-state index contributed by atoms with van der Waals surface area (Å²) in [5.74, 6) is 7.70. The SMILES string of the molecule is CCOC(=O)c1ccc(NCCCCCC#Cc2ccc(CC)o2)cc1. The van der Waals surface area contributed by atoms with E-state index in [0.29, 0.717) is 12.2 Å². The second-order valence-electron chi connectivity index (χ2n) is 5.96. The van der Waals surface area contributed by atoms with E-state index in [9.17, 15) is 4.79 Å². The fourth-order valence-corrected chi connectivity index (χ4v) is 2.47. The first kappa shape index (κ1) is 19.7. The highest BCUT2D eigenvalue weighted by molar-refractivity contribution is 5.89. The summed E-state index contributed by atoms with van der Waals surface area (Å²) in [4.78, 5) is 11.6. The number of aryl methyl sites for hydroxylation is 1. The Balaban J connectivity index is 1.58. The number of carbonyl (C=O) groups excluding carboxylic acids is 1. The molecule has 0 aliphatic rings. The summed E-state index contributed by atoms with van der Waals surface area (Å²) in [6, 6.07) is 11.3. The van der Waals surface area contributed by atoms with Gasteiger partial charge in [0.2, 0.25) is 0 Å². The number of hydrogen-bond acceptors (Lipinski definition) is 4. The Morgan fingerprint density at radius 2 is 1.88 bits per heavy atom. The predicted octanol–water partition coefficient (Wildman–Crippen LogP) is 5.04. The van der Waals surface area contributed by atoms with Gasteiger partial charge in [0.25, 0.3) is 0 Å². The van der Waals surface area contributed by atoms with Crippen LogP contribution in [-0.4, -0.2) is 19.1 Å². The minimum atomic E-state index is -0.277. The second-order valence-corrected chi connectivity index (χ2v) is 5.96. The molecule has 0 amide bonds. The van der Waals surface area contributed by atoms with Crippen molar-refractivity contribution < 1.29 is 13.9 Å². The first-order valence-corrected chi connectivity index (χ1v) is 9.31. The molecule has 2 rings (SSSR count). The lowest BCUT2D eigenvalue weighted by molar-refractivity contribution is 0.0526. The van der Waals surface area contributed by atoms with Crippen molar-refractivity contribution in [1.82, 2.24) is 0 Å². The van der Waals surface area contributed by atoms with E-state index in [1.807, 2.05) is 24.3 Å². The number of rotatable bonds is 9. The Bertz CT molecular complexity index is 735. The number of benzene rings is 1. The molecule has 0 saturated carbocycles. The molecule has 0 bridgehead atoms. The molecule has 1 aromatic heterocycles. The molecule has 0 aliphatic carbocycles. The van der Waals surface area contributed by atoms with Crippen LogP contribution >= 0.6 is 0 Å². The fraction of sp³-hybridized carbons (Fsp3) is 0.409. The maximum absolute atomic E-state index is 11.6. The molecule has 0 unspecified atom stereocenters. The highest BCUT2D eigenvalue weighted by atomic mass is 16.5. The summed E-state index contributed by atoms with van der Waals surface area (Å²) in [6.45, 7) is 5.17. The summed E-state index contributed by atoms with van der Waals surface area (Å²) in [7, 11) is 0. The number of unbranched alkanes of at least 4 members (excludes halogenated alkanes) is 3. The molecule has 0 spiro atoms. The van der Waals surface area contributed by atoms with Crippen molar-refractivity contribution in [1.29, 1.82) is 0 Å². The minimum absolute atomic E-state index is 0.277. The predicted molar refractivity (Wildman–Crippen MR) is 104 cm³/mol. The molecule has 138 valence electrons. The number of furan rings is 1. The van der Waals surface area contributed by atoms with Crippen molar-refractivity contribution >= 4 is 11.7 Å². The van der Waals surface area contributed by atoms with E-state index >= 15 is 0 Å². The smallest absolute Gasteiger partial charge is 0.338 e. The van der Waals surface area contributed by atoms with Gasteiger partial charge in [0, 0.05) is 25.1 Å². The van der Waals surface area contributed by atoms with Crippen LogP contribution in [0.3, 0.4) is 0 Å². The Morgan fingerprint density at radius 1 is 1.08 bits per heavy atom. The zero-order chi connectivity index (χ0) is 18.6. The van der Waals surface area contributed by atoms with Crippen molar-refractivity contribution in [2.24, 2.45) is 0 Å². The summed E-state index contributed by atoms with van der Waals surface area (Å²) in [5, 5.41) is 3.37. The van der Waals surface area contributed by atoms with Gasteiger partial charge < -0.3 is 14.5 Å². The summed E-state index contributed by atoms with van der Waals surface area (Å²) in [5.41, 5.74) is 1.60. The number of carbonyl (C=O) groups is 1. The van der Waals surface area contributed by atoms with Crippen molar-refractivity contribution in [2.45, 2.75) is 46.0 Å². The largest absolute Gasteiger partial charge is 0.462 e. The van der Waals surface area contributed by atoms with E-state index in [4.69, 9.17) is 9.15 Å². The molecule has 0 aliphatic heterocycles. The quantitative estimate of drug-likeness (QED) is 0.390. The average molecular weight is 353 g/mol. The van der Waals surface area contributed by atoms with Gasteiger partial charge in [0.05, 0.1) is 12.2 Å². The molecule has 1 heterocycles. The van der Waals surface area contributed by atoms with Gasteiger partial charge in [-0.05, 0) is 62.1 Å². The molecule has 0 atom stereocenters. The van der Waals surface area contributed by atoms with Crippen LogP contribution in [0.5, 0.6) is 0 Å².